The van der Waals surface area contributed by atoms with Gasteiger partial charge in [0.05, 0.1) is 59.6 Å². The molecule has 11 aromatic carbocycles. The van der Waals surface area contributed by atoms with Gasteiger partial charge in [-0.1, -0.05) is 211 Å². The largest absolute Gasteiger partial charge is 0.488 e. The summed E-state index contributed by atoms with van der Waals surface area (Å²) < 4.78 is 152. The molecule has 0 fully saturated rings. The maximum Gasteiger partial charge on any atom is 0.416 e. The summed E-state index contributed by atoms with van der Waals surface area (Å²) in [5.41, 5.74) is 5.92. The SMILES string of the molecule is Cc1ccc(-c2cc(F)c3c(c2)C(=O)N(Cc2ccccc2)CCO3)cc1.O=C(O)c1cc(Br)cc(F)c1F.O=C(c1cc(Br)cc(F)c1F)N(CCO)Cc1ccccc1.O=C1c2cc(-c3ccc(C(F)(F)F)cc3)cc(F)c2OCCN1Cc1ccccc1.O=C1c2cc(Br)cc(F)c2OCCN1Cc1ccccc1. The molecule has 3 aliphatic heterocycles. The van der Waals surface area contributed by atoms with Crippen LogP contribution in [0, 0.1) is 47.6 Å². The third-order valence-electron chi connectivity index (χ3n) is 17.4. The van der Waals surface area contributed by atoms with E-state index in [0.29, 0.717) is 53.9 Å². The van der Waals surface area contributed by atoms with Crippen molar-refractivity contribution >= 4 is 77.4 Å². The first kappa shape index (κ1) is 83.3. The maximum absolute atomic E-state index is 14.7. The van der Waals surface area contributed by atoms with Crippen LogP contribution in [0.2, 0.25) is 0 Å². The van der Waals surface area contributed by atoms with Crippen LogP contribution >= 0.6 is 47.8 Å². The van der Waals surface area contributed by atoms with Gasteiger partial charge in [-0.15, -0.1) is 0 Å². The number of carboxylic acids is 1. The van der Waals surface area contributed by atoms with Crippen molar-refractivity contribution in [2.24, 2.45) is 0 Å². The van der Waals surface area contributed by atoms with Crippen molar-refractivity contribution in [2.75, 3.05) is 52.6 Å². The Labute approximate surface area is 662 Å². The van der Waals surface area contributed by atoms with Gasteiger partial charge in [0, 0.05) is 46.1 Å². The minimum atomic E-state index is -4.46. The fourth-order valence-electron chi connectivity index (χ4n) is 11.8. The van der Waals surface area contributed by atoms with E-state index >= 15 is 0 Å². The summed E-state index contributed by atoms with van der Waals surface area (Å²) in [5.74, 6) is -9.58. The molecule has 14 rings (SSSR count). The molecule has 0 bridgehead atoms. The molecule has 0 spiro atoms. The third-order valence-corrected chi connectivity index (χ3v) is 18.7. The normalized spacial score (nSPS) is 12.9. The van der Waals surface area contributed by atoms with Crippen LogP contribution in [0.3, 0.4) is 0 Å². The molecular weight excluding hydrogens is 1670 g/mol. The Bertz CT molecular complexity index is 5160. The van der Waals surface area contributed by atoms with Crippen LogP contribution in [0.25, 0.3) is 22.3 Å². The lowest BCUT2D eigenvalue weighted by Gasteiger charge is -2.22. The number of aliphatic hydroxyl groups is 1. The molecule has 0 saturated heterocycles. The molecule has 27 heteroatoms. The summed E-state index contributed by atoms with van der Waals surface area (Å²) in [4.78, 5) is 67.8. The molecule has 0 saturated carbocycles. The predicted octanol–water partition coefficient (Wildman–Crippen LogP) is 19.8. The summed E-state index contributed by atoms with van der Waals surface area (Å²) in [6.45, 7) is 5.09. The van der Waals surface area contributed by atoms with Crippen LogP contribution in [-0.2, 0) is 32.4 Å². The highest BCUT2D eigenvalue weighted by molar-refractivity contribution is 9.11. The zero-order chi connectivity index (χ0) is 80.3. The topological polar surface area (TPSA) is 166 Å². The van der Waals surface area contributed by atoms with E-state index in [9.17, 15) is 67.9 Å². The van der Waals surface area contributed by atoms with Gasteiger partial charge >= 0.3 is 12.1 Å². The van der Waals surface area contributed by atoms with Crippen LogP contribution in [0.1, 0.15) is 85.2 Å². The number of carbonyl (C=O) groups is 5. The van der Waals surface area contributed by atoms with Crippen molar-refractivity contribution in [1.29, 1.82) is 0 Å². The van der Waals surface area contributed by atoms with Crippen molar-refractivity contribution in [3.63, 3.8) is 0 Å². The summed E-state index contributed by atoms with van der Waals surface area (Å²) in [5, 5.41) is 17.5. The quantitative estimate of drug-likeness (QED) is 0.0790. The van der Waals surface area contributed by atoms with Gasteiger partial charge in [-0.3, -0.25) is 19.2 Å². The Morgan fingerprint density at radius 2 is 0.768 bits per heavy atom. The zero-order valence-corrected chi connectivity index (χ0v) is 64.0. The number of hydrogen-bond donors (Lipinski definition) is 2. The average Bonchev–Trinajstić information content (AvgIpc) is 1.47. The Hall–Kier alpha value is -11.1. The number of alkyl halides is 3. The number of carboxylic acid groups (broad SMARTS) is 1. The van der Waals surface area contributed by atoms with Gasteiger partial charge in [0.25, 0.3) is 23.6 Å². The second kappa shape index (κ2) is 38.7. The van der Waals surface area contributed by atoms with Crippen LogP contribution in [-0.4, -0.2) is 112 Å². The molecule has 0 unspecified atom stereocenters. The lowest BCUT2D eigenvalue weighted by Crippen LogP contribution is -2.33. The number of hydrogen-bond acceptors (Lipinski definition) is 9. The minimum absolute atomic E-state index is 0.0291. The van der Waals surface area contributed by atoms with Gasteiger partial charge in [-0.25, -0.2) is 35.5 Å². The number of aliphatic hydroxyl groups excluding tert-OH is 1. The molecule has 0 aliphatic carbocycles. The molecular formula is C85H67Br3F10N4O10. The molecule has 0 atom stereocenters. The molecule has 112 heavy (non-hydrogen) atoms. The van der Waals surface area contributed by atoms with E-state index in [-0.39, 0.29) is 112 Å². The molecule has 4 amide bonds. The highest BCUT2D eigenvalue weighted by Crippen LogP contribution is 2.38. The zero-order valence-electron chi connectivity index (χ0n) is 59.3. The minimum Gasteiger partial charge on any atom is -0.488 e. The second-order valence-corrected chi connectivity index (χ2v) is 28.0. The second-order valence-electron chi connectivity index (χ2n) is 25.3. The van der Waals surface area contributed by atoms with Crippen molar-refractivity contribution in [3.05, 3.63) is 346 Å². The van der Waals surface area contributed by atoms with E-state index in [1.165, 1.54) is 47.4 Å². The molecule has 3 heterocycles. The van der Waals surface area contributed by atoms with Crippen LogP contribution in [0.5, 0.6) is 17.2 Å². The molecule has 14 nitrogen and oxygen atoms in total. The number of halogens is 13. The Kier molecular flexibility index (Phi) is 28.8. The standard InChI is InChI=1S/C23H17F4NO2.C23H20FNO2.C16H14BrF2NO2.C16H13BrFNO2.C7H3BrF2O2/c24-20-13-17(16-6-8-18(9-7-16)23(25,26)27)12-19-21(20)30-11-10-28(22(19)29)14-15-4-2-1-3-5-15;1-16-7-9-18(10-8-16)19-13-20-22(21(24)14-19)27-12-11-25(23(20)26)15-17-5-3-2-4-6-17;17-12-8-13(15(19)14(18)9-12)16(22)20(6-7-21)10-11-4-2-1-3-5-11;17-12-8-13-15(14(18)9-12)21-7-6-19(16(13)20)10-11-4-2-1-3-5-11;8-3-1-4(7(11)12)6(10)5(9)2-3/h1-9,12-13H,10-11,14H2;2-10,13-14H,11-12,15H2,1H3;1-5,8-9,21H,6-7,10H2;1-5,8-9H,6-7,10H2;1-2H,(H,11,12). The lowest BCUT2D eigenvalue weighted by atomic mass is 10.00. The number of rotatable bonds is 14. The van der Waals surface area contributed by atoms with Crippen LogP contribution in [0.4, 0.5) is 43.9 Å². The molecule has 11 aromatic rings. The van der Waals surface area contributed by atoms with Gasteiger partial charge < -0.3 is 44.0 Å². The van der Waals surface area contributed by atoms with Gasteiger partial charge in [0.2, 0.25) is 0 Å². The van der Waals surface area contributed by atoms with Crippen LogP contribution < -0.4 is 14.2 Å². The van der Waals surface area contributed by atoms with E-state index in [1.54, 1.807) is 26.8 Å². The van der Waals surface area contributed by atoms with Crippen molar-refractivity contribution in [3.8, 4) is 39.5 Å². The number of benzene rings is 11. The molecule has 3 aliphatic rings. The van der Waals surface area contributed by atoms with E-state index in [4.69, 9.17) is 24.4 Å². The number of carbonyl (C=O) groups excluding carboxylic acids is 4. The van der Waals surface area contributed by atoms with Gasteiger partial charge in [-0.05, 0) is 124 Å². The first-order valence-electron chi connectivity index (χ1n) is 34.4. The average molecular weight is 1730 g/mol. The maximum atomic E-state index is 14.7. The molecule has 578 valence electrons. The smallest absolute Gasteiger partial charge is 0.416 e. The first-order valence-corrected chi connectivity index (χ1v) is 36.8. The Morgan fingerprint density at radius 3 is 1.15 bits per heavy atom. The number of aromatic carboxylic acids is 1. The fourth-order valence-corrected chi connectivity index (χ4v) is 13.1. The summed E-state index contributed by atoms with van der Waals surface area (Å²) in [7, 11) is 0. The number of amides is 4. The Morgan fingerprint density at radius 1 is 0.429 bits per heavy atom. The third kappa shape index (κ3) is 21.9. The van der Waals surface area contributed by atoms with Crippen LogP contribution in [0.15, 0.2) is 244 Å². The number of fused-ring (bicyclic) bond motifs is 3. The summed E-state index contributed by atoms with van der Waals surface area (Å²) >= 11 is 9.10. The summed E-state index contributed by atoms with van der Waals surface area (Å²) in [6.07, 6.45) is -4.46. The number of nitrogens with zero attached hydrogens (tertiary/aromatic N) is 4. The highest BCUT2D eigenvalue weighted by atomic mass is 79.9. The van der Waals surface area contributed by atoms with E-state index in [1.807, 2.05) is 153 Å². The monoisotopic (exact) mass is 1730 g/mol. The van der Waals surface area contributed by atoms with E-state index < -0.39 is 69.9 Å². The molecule has 0 aromatic heterocycles. The number of aryl methyl sites for hydroxylation is 1. The van der Waals surface area contributed by atoms with Crippen molar-refractivity contribution < 1.29 is 92.3 Å². The fraction of sp³-hybridized carbons (Fsp3) is 0.165. The van der Waals surface area contributed by atoms with Gasteiger partial charge in [0.15, 0.2) is 58.0 Å². The molecule has 0 radical (unpaired) electrons. The highest BCUT2D eigenvalue weighted by Gasteiger charge is 2.33. The number of ether oxygens (including phenoxy) is 3. The Balaban J connectivity index is 0.000000152. The summed E-state index contributed by atoms with van der Waals surface area (Å²) in [6, 6.07) is 62.9. The molecule has 2 N–H and O–H groups in total. The lowest BCUT2D eigenvalue weighted by molar-refractivity contribution is -0.137. The predicted molar refractivity (Wildman–Crippen MR) is 411 cm³/mol. The van der Waals surface area contributed by atoms with Crippen molar-refractivity contribution in [1.82, 2.24) is 19.6 Å². The first-order chi connectivity index (χ1) is 53.6. The van der Waals surface area contributed by atoms with Crippen molar-refractivity contribution in [2.45, 2.75) is 39.3 Å². The van der Waals surface area contributed by atoms with Gasteiger partial charge in [0.1, 0.15) is 19.8 Å². The van der Waals surface area contributed by atoms with E-state index in [0.717, 1.165) is 63.7 Å². The van der Waals surface area contributed by atoms with Gasteiger partial charge in [-0.2, -0.15) is 13.2 Å². The van der Waals surface area contributed by atoms with E-state index in [2.05, 4.69) is 47.8 Å².